The molecule has 27 heavy (non-hydrogen) atoms. The van der Waals surface area contributed by atoms with Crippen molar-refractivity contribution in [1.29, 1.82) is 0 Å². The summed E-state index contributed by atoms with van der Waals surface area (Å²) >= 11 is 0. The zero-order valence-electron chi connectivity index (χ0n) is 16.3. The molecule has 1 aromatic heterocycles. The molecule has 0 bridgehead atoms. The number of rotatable bonds is 9. The molecule has 2 aromatic rings. The van der Waals surface area contributed by atoms with Gasteiger partial charge in [-0.1, -0.05) is 44.7 Å². The monoisotopic (exact) mass is 483 g/mol. The zero-order chi connectivity index (χ0) is 18.8. The fourth-order valence-electron chi connectivity index (χ4n) is 2.57. The van der Waals surface area contributed by atoms with Crippen molar-refractivity contribution in [1.82, 2.24) is 20.2 Å². The number of halogens is 1. The first-order chi connectivity index (χ1) is 12.6. The molecule has 0 atom stereocenters. The fraction of sp³-hybridized carbons (Fsp3) is 0.400. The van der Waals surface area contributed by atoms with Gasteiger partial charge in [0.15, 0.2) is 5.96 Å². The minimum atomic E-state index is 0. The van der Waals surface area contributed by atoms with E-state index in [-0.39, 0.29) is 24.0 Å². The van der Waals surface area contributed by atoms with E-state index in [4.69, 9.17) is 4.74 Å². The van der Waals surface area contributed by atoms with E-state index in [1.807, 2.05) is 36.7 Å². The van der Waals surface area contributed by atoms with Gasteiger partial charge in [-0.3, -0.25) is 4.99 Å². The SMILES string of the molecule is C=CCOc1ccccc1CNC(=NC)NCc1nccn1CC(C)C.I. The van der Waals surface area contributed by atoms with E-state index in [0.717, 1.165) is 29.6 Å². The zero-order valence-corrected chi connectivity index (χ0v) is 18.6. The van der Waals surface area contributed by atoms with E-state index in [1.54, 1.807) is 13.1 Å². The molecule has 0 radical (unpaired) electrons. The number of nitrogens with zero attached hydrogens (tertiary/aromatic N) is 3. The molecule has 148 valence electrons. The molecule has 0 aliphatic carbocycles. The molecule has 0 amide bonds. The Morgan fingerprint density at radius 2 is 2.04 bits per heavy atom. The third-order valence-corrected chi connectivity index (χ3v) is 3.78. The summed E-state index contributed by atoms with van der Waals surface area (Å²) in [4.78, 5) is 8.72. The Balaban J connectivity index is 0.00000364. The van der Waals surface area contributed by atoms with Gasteiger partial charge in [-0.25, -0.2) is 4.98 Å². The standard InChI is InChI=1S/C20H29N5O.HI/c1-5-12-26-18-9-7-6-8-17(18)13-23-20(21-4)24-14-19-22-10-11-25(19)15-16(2)3;/h5-11,16H,1,12-15H2,2-4H3,(H2,21,23,24);1H. The number of hydrogen-bond donors (Lipinski definition) is 2. The highest BCUT2D eigenvalue weighted by atomic mass is 127. The number of ether oxygens (including phenoxy) is 1. The second kappa shape index (κ2) is 12.4. The summed E-state index contributed by atoms with van der Waals surface area (Å²) in [5.74, 6) is 3.15. The fourth-order valence-corrected chi connectivity index (χ4v) is 2.57. The van der Waals surface area contributed by atoms with Crippen LogP contribution in [-0.2, 0) is 19.6 Å². The third-order valence-electron chi connectivity index (χ3n) is 3.78. The molecule has 0 fully saturated rings. The van der Waals surface area contributed by atoms with E-state index in [1.165, 1.54) is 0 Å². The van der Waals surface area contributed by atoms with Gasteiger partial charge < -0.3 is 19.9 Å². The number of nitrogens with one attached hydrogen (secondary N) is 2. The number of imidazole rings is 1. The molecule has 0 saturated heterocycles. The maximum atomic E-state index is 5.69. The van der Waals surface area contributed by atoms with Gasteiger partial charge in [0.1, 0.15) is 18.2 Å². The van der Waals surface area contributed by atoms with Crippen LogP contribution in [0.5, 0.6) is 5.75 Å². The van der Waals surface area contributed by atoms with E-state index in [9.17, 15) is 0 Å². The highest BCUT2D eigenvalue weighted by molar-refractivity contribution is 14.0. The van der Waals surface area contributed by atoms with E-state index in [2.05, 4.69) is 45.6 Å². The molecular formula is C20H30IN5O. The Morgan fingerprint density at radius 3 is 2.74 bits per heavy atom. The average Bonchev–Trinajstić information content (AvgIpc) is 3.07. The molecule has 0 saturated carbocycles. The number of aliphatic imine (C=N–C) groups is 1. The lowest BCUT2D eigenvalue weighted by atomic mass is 10.2. The van der Waals surface area contributed by atoms with Gasteiger partial charge >= 0.3 is 0 Å². The van der Waals surface area contributed by atoms with Crippen molar-refractivity contribution in [2.24, 2.45) is 10.9 Å². The normalized spacial score (nSPS) is 11.0. The van der Waals surface area contributed by atoms with Crippen molar-refractivity contribution in [3.05, 3.63) is 60.7 Å². The average molecular weight is 483 g/mol. The summed E-state index contributed by atoms with van der Waals surface area (Å²) < 4.78 is 7.86. The minimum absolute atomic E-state index is 0. The molecule has 0 aliphatic rings. The largest absolute Gasteiger partial charge is 0.489 e. The first kappa shape index (κ1) is 23.0. The minimum Gasteiger partial charge on any atom is -0.489 e. The van der Waals surface area contributed by atoms with Gasteiger partial charge in [0, 0.05) is 38.1 Å². The van der Waals surface area contributed by atoms with Crippen LogP contribution in [0.2, 0.25) is 0 Å². The first-order valence-corrected chi connectivity index (χ1v) is 8.90. The van der Waals surface area contributed by atoms with E-state index in [0.29, 0.717) is 25.6 Å². The summed E-state index contributed by atoms with van der Waals surface area (Å²) in [6.07, 6.45) is 5.59. The Bertz CT molecular complexity index is 727. The topological polar surface area (TPSA) is 63.5 Å². The van der Waals surface area contributed by atoms with Crippen molar-refractivity contribution in [2.45, 2.75) is 33.5 Å². The van der Waals surface area contributed by atoms with Crippen molar-refractivity contribution >= 4 is 29.9 Å². The van der Waals surface area contributed by atoms with Gasteiger partial charge in [-0.2, -0.15) is 0 Å². The summed E-state index contributed by atoms with van der Waals surface area (Å²) in [6.45, 7) is 10.8. The van der Waals surface area contributed by atoms with Crippen LogP contribution in [0.25, 0.3) is 0 Å². The van der Waals surface area contributed by atoms with Crippen molar-refractivity contribution in [3.63, 3.8) is 0 Å². The van der Waals surface area contributed by atoms with Gasteiger partial charge in [0.25, 0.3) is 0 Å². The Labute approximate surface area is 179 Å². The lowest BCUT2D eigenvalue weighted by Crippen LogP contribution is -2.37. The lowest BCUT2D eigenvalue weighted by molar-refractivity contribution is 0.358. The summed E-state index contributed by atoms with van der Waals surface area (Å²) in [6, 6.07) is 7.95. The van der Waals surface area contributed by atoms with Gasteiger partial charge in [-0.05, 0) is 12.0 Å². The van der Waals surface area contributed by atoms with Crippen LogP contribution in [0.3, 0.4) is 0 Å². The number of hydrogen-bond acceptors (Lipinski definition) is 3. The quantitative estimate of drug-likeness (QED) is 0.248. The van der Waals surface area contributed by atoms with Gasteiger partial charge in [-0.15, -0.1) is 24.0 Å². The number of benzene rings is 1. The molecule has 7 heteroatoms. The highest BCUT2D eigenvalue weighted by Gasteiger charge is 2.07. The van der Waals surface area contributed by atoms with Crippen LogP contribution < -0.4 is 15.4 Å². The molecule has 1 heterocycles. The molecular weight excluding hydrogens is 453 g/mol. The molecule has 2 rings (SSSR count). The van der Waals surface area contributed by atoms with Crippen LogP contribution in [0.4, 0.5) is 0 Å². The Hall–Kier alpha value is -2.03. The molecule has 2 N–H and O–H groups in total. The molecule has 0 spiro atoms. The highest BCUT2D eigenvalue weighted by Crippen LogP contribution is 2.17. The van der Waals surface area contributed by atoms with Gasteiger partial charge in [0.05, 0.1) is 6.54 Å². The molecule has 6 nitrogen and oxygen atoms in total. The predicted molar refractivity (Wildman–Crippen MR) is 122 cm³/mol. The summed E-state index contributed by atoms with van der Waals surface area (Å²) in [5.41, 5.74) is 1.07. The smallest absolute Gasteiger partial charge is 0.191 e. The molecule has 0 aliphatic heterocycles. The van der Waals surface area contributed by atoms with Crippen LogP contribution in [-0.4, -0.2) is 29.2 Å². The third kappa shape index (κ3) is 7.62. The summed E-state index contributed by atoms with van der Waals surface area (Å²) in [5, 5.41) is 6.64. The predicted octanol–water partition coefficient (Wildman–Crippen LogP) is 3.59. The van der Waals surface area contributed by atoms with E-state index < -0.39 is 0 Å². The van der Waals surface area contributed by atoms with Crippen molar-refractivity contribution < 1.29 is 4.74 Å². The van der Waals surface area contributed by atoms with Crippen molar-refractivity contribution in [3.8, 4) is 5.75 Å². The van der Waals surface area contributed by atoms with Crippen LogP contribution in [0.1, 0.15) is 25.2 Å². The molecule has 1 aromatic carbocycles. The second-order valence-electron chi connectivity index (χ2n) is 6.38. The number of guanidine groups is 1. The lowest BCUT2D eigenvalue weighted by Gasteiger charge is -2.15. The maximum Gasteiger partial charge on any atom is 0.191 e. The van der Waals surface area contributed by atoms with Crippen LogP contribution in [0.15, 0.2) is 54.3 Å². The van der Waals surface area contributed by atoms with Crippen LogP contribution in [0, 0.1) is 5.92 Å². The van der Waals surface area contributed by atoms with Crippen LogP contribution >= 0.6 is 24.0 Å². The maximum absolute atomic E-state index is 5.69. The number of aromatic nitrogens is 2. The Morgan fingerprint density at radius 1 is 1.30 bits per heavy atom. The Kier molecular flexibility index (Phi) is 10.5. The summed E-state index contributed by atoms with van der Waals surface area (Å²) in [7, 11) is 1.76. The number of para-hydroxylation sites is 1. The van der Waals surface area contributed by atoms with Crippen molar-refractivity contribution in [2.75, 3.05) is 13.7 Å². The van der Waals surface area contributed by atoms with E-state index >= 15 is 0 Å². The van der Waals surface area contributed by atoms with Gasteiger partial charge in [0.2, 0.25) is 0 Å². The molecule has 0 unspecified atom stereocenters. The first-order valence-electron chi connectivity index (χ1n) is 8.90. The second-order valence-corrected chi connectivity index (χ2v) is 6.38.